The number of carbonyl (C=O) groups is 1. The number of nitrogens with zero attached hydrogens (tertiary/aromatic N) is 2. The number of hydrogen-bond acceptors (Lipinski definition) is 6. The minimum absolute atomic E-state index is 0.281. The van der Waals surface area contributed by atoms with E-state index in [1.165, 1.54) is 7.11 Å². The third-order valence-corrected chi connectivity index (χ3v) is 4.19. The Morgan fingerprint density at radius 2 is 1.96 bits per heavy atom. The van der Waals surface area contributed by atoms with Crippen LogP contribution >= 0.6 is 0 Å². The van der Waals surface area contributed by atoms with Crippen LogP contribution in [0.2, 0.25) is 0 Å². The summed E-state index contributed by atoms with van der Waals surface area (Å²) >= 11 is 0. The number of ether oxygens (including phenoxy) is 2. The van der Waals surface area contributed by atoms with E-state index in [-0.39, 0.29) is 6.61 Å². The minimum atomic E-state index is -1.13. The average molecular weight is 354 g/mol. The summed E-state index contributed by atoms with van der Waals surface area (Å²) in [6, 6.07) is 15.5. The molecule has 6 nitrogen and oxygen atoms in total. The van der Waals surface area contributed by atoms with Crippen LogP contribution < -0.4 is 0 Å². The summed E-state index contributed by atoms with van der Waals surface area (Å²) in [5.41, 5.74) is 2.34. The fourth-order valence-electron chi connectivity index (χ4n) is 2.96. The molecule has 1 aliphatic rings. The molecule has 0 spiro atoms. The lowest BCUT2D eigenvalue weighted by Crippen LogP contribution is -2.42. The second-order valence-corrected chi connectivity index (χ2v) is 6.34. The molecule has 1 unspecified atom stereocenters. The van der Waals surface area contributed by atoms with Crippen LogP contribution in [0.4, 0.5) is 0 Å². The summed E-state index contributed by atoms with van der Waals surface area (Å²) < 4.78 is 10.6. The van der Waals surface area contributed by atoms with E-state index in [1.807, 2.05) is 55.5 Å². The molecular formula is C20H22N2O4. The molecule has 136 valence electrons. The van der Waals surface area contributed by atoms with Crippen LogP contribution in [0.1, 0.15) is 23.4 Å². The highest BCUT2D eigenvalue weighted by molar-refractivity contribution is 5.94. The zero-order chi connectivity index (χ0) is 18.4. The molecule has 0 amide bonds. The lowest BCUT2D eigenvalue weighted by Gasteiger charge is -2.23. The van der Waals surface area contributed by atoms with Gasteiger partial charge in [0.25, 0.3) is 0 Å². The van der Waals surface area contributed by atoms with Gasteiger partial charge in [-0.05, 0) is 24.6 Å². The first-order chi connectivity index (χ1) is 12.6. The number of rotatable bonds is 7. The number of oxime groups is 1. The first-order valence-electron chi connectivity index (χ1n) is 8.48. The standard InChI is InChI=1S/C20H22N2O4/c1-15-7-6-10-17(21-15)13-25-14-18-12-20(26-22-18,19(23)24-2)11-16-8-4-3-5-9-16/h3-10H,11-14H2,1-2H3. The predicted octanol–water partition coefficient (Wildman–Crippen LogP) is 2.84. The van der Waals surface area contributed by atoms with Crippen LogP contribution in [0.3, 0.4) is 0 Å². The van der Waals surface area contributed by atoms with Crippen LogP contribution in [0, 0.1) is 6.92 Å². The molecule has 6 heteroatoms. The number of benzene rings is 1. The summed E-state index contributed by atoms with van der Waals surface area (Å²) in [5, 5.41) is 4.07. The molecule has 1 aromatic carbocycles. The van der Waals surface area contributed by atoms with E-state index in [4.69, 9.17) is 14.3 Å². The number of pyridine rings is 1. The molecule has 1 aromatic heterocycles. The maximum atomic E-state index is 12.3. The van der Waals surface area contributed by atoms with Crippen LogP contribution in [-0.2, 0) is 32.1 Å². The van der Waals surface area contributed by atoms with E-state index in [0.717, 1.165) is 17.0 Å². The number of aryl methyl sites for hydroxylation is 1. The second kappa shape index (κ2) is 8.10. The Labute approximate surface area is 152 Å². The summed E-state index contributed by atoms with van der Waals surface area (Å²) in [7, 11) is 1.36. The van der Waals surface area contributed by atoms with E-state index in [9.17, 15) is 4.79 Å². The van der Waals surface area contributed by atoms with Crippen molar-refractivity contribution >= 4 is 11.7 Å². The van der Waals surface area contributed by atoms with Crippen LogP contribution in [0.15, 0.2) is 53.7 Å². The summed E-state index contributed by atoms with van der Waals surface area (Å²) in [6.07, 6.45) is 0.739. The number of esters is 1. The van der Waals surface area contributed by atoms with Gasteiger partial charge in [0.2, 0.25) is 5.60 Å². The quantitative estimate of drug-likeness (QED) is 0.715. The van der Waals surface area contributed by atoms with Gasteiger partial charge < -0.3 is 14.3 Å². The highest BCUT2D eigenvalue weighted by Gasteiger charge is 2.47. The highest BCUT2D eigenvalue weighted by Crippen LogP contribution is 2.30. The lowest BCUT2D eigenvalue weighted by molar-refractivity contribution is -0.166. The van der Waals surface area contributed by atoms with Gasteiger partial charge in [0.05, 0.1) is 31.7 Å². The Morgan fingerprint density at radius 3 is 2.69 bits per heavy atom. The number of methoxy groups -OCH3 is 1. The molecule has 3 rings (SSSR count). The van der Waals surface area contributed by atoms with Crippen LogP contribution in [0.25, 0.3) is 0 Å². The number of hydrogen-bond donors (Lipinski definition) is 0. The van der Waals surface area contributed by atoms with Gasteiger partial charge in [-0.1, -0.05) is 41.6 Å². The van der Waals surface area contributed by atoms with Crippen molar-refractivity contribution in [1.82, 2.24) is 4.98 Å². The largest absolute Gasteiger partial charge is 0.466 e. The lowest BCUT2D eigenvalue weighted by atomic mass is 9.90. The smallest absolute Gasteiger partial charge is 0.353 e. The van der Waals surface area contributed by atoms with Crippen molar-refractivity contribution in [3.63, 3.8) is 0 Å². The van der Waals surface area contributed by atoms with E-state index in [1.54, 1.807) is 0 Å². The Bertz CT molecular complexity index is 791. The molecule has 0 aliphatic carbocycles. The fraction of sp³-hybridized carbons (Fsp3) is 0.350. The molecule has 0 saturated carbocycles. The minimum Gasteiger partial charge on any atom is -0.466 e. The molecule has 0 saturated heterocycles. The third kappa shape index (κ3) is 4.26. The van der Waals surface area contributed by atoms with E-state index in [2.05, 4.69) is 10.1 Å². The maximum absolute atomic E-state index is 12.3. The molecule has 1 aliphatic heterocycles. The van der Waals surface area contributed by atoms with Crippen molar-refractivity contribution in [2.45, 2.75) is 32.0 Å². The van der Waals surface area contributed by atoms with Gasteiger partial charge >= 0.3 is 5.97 Å². The first kappa shape index (κ1) is 18.1. The van der Waals surface area contributed by atoms with E-state index in [0.29, 0.717) is 25.2 Å². The van der Waals surface area contributed by atoms with Gasteiger partial charge in [-0.15, -0.1) is 0 Å². The predicted molar refractivity (Wildman–Crippen MR) is 96.7 cm³/mol. The molecule has 0 radical (unpaired) electrons. The summed E-state index contributed by atoms with van der Waals surface area (Å²) in [4.78, 5) is 22.3. The number of aromatic nitrogens is 1. The molecule has 2 aromatic rings. The van der Waals surface area contributed by atoms with Gasteiger partial charge in [-0.25, -0.2) is 4.79 Å². The zero-order valence-electron chi connectivity index (χ0n) is 15.0. The molecule has 1 atom stereocenters. The SMILES string of the molecule is COC(=O)C1(Cc2ccccc2)CC(COCc2cccc(C)n2)=NO1. The molecule has 26 heavy (non-hydrogen) atoms. The van der Waals surface area contributed by atoms with E-state index < -0.39 is 11.6 Å². The van der Waals surface area contributed by atoms with Gasteiger partial charge in [-0.2, -0.15) is 0 Å². The molecule has 0 fully saturated rings. The average Bonchev–Trinajstić information content (AvgIpc) is 3.06. The maximum Gasteiger partial charge on any atom is 0.353 e. The van der Waals surface area contributed by atoms with Crippen molar-refractivity contribution in [3.05, 3.63) is 65.5 Å². The van der Waals surface area contributed by atoms with Crippen molar-refractivity contribution in [1.29, 1.82) is 0 Å². The van der Waals surface area contributed by atoms with Crippen LogP contribution in [-0.4, -0.2) is 36.0 Å². The second-order valence-electron chi connectivity index (χ2n) is 6.34. The monoisotopic (exact) mass is 354 g/mol. The van der Waals surface area contributed by atoms with E-state index >= 15 is 0 Å². The molecule has 2 heterocycles. The van der Waals surface area contributed by atoms with Gasteiger partial charge in [-0.3, -0.25) is 4.98 Å². The Kier molecular flexibility index (Phi) is 5.63. The van der Waals surface area contributed by atoms with Crippen molar-refractivity contribution in [2.24, 2.45) is 5.16 Å². The fourth-order valence-corrected chi connectivity index (χ4v) is 2.96. The summed E-state index contributed by atoms with van der Waals surface area (Å²) in [6.45, 7) is 2.60. The van der Waals surface area contributed by atoms with Gasteiger partial charge in [0.15, 0.2) is 0 Å². The van der Waals surface area contributed by atoms with Crippen molar-refractivity contribution in [2.75, 3.05) is 13.7 Å². The number of carbonyl (C=O) groups excluding carboxylic acids is 1. The Balaban J connectivity index is 1.60. The molecular weight excluding hydrogens is 332 g/mol. The summed E-state index contributed by atoms with van der Waals surface area (Å²) in [5.74, 6) is -0.430. The van der Waals surface area contributed by atoms with Crippen LogP contribution in [0.5, 0.6) is 0 Å². The van der Waals surface area contributed by atoms with Gasteiger partial charge in [0, 0.05) is 18.5 Å². The molecule has 0 bridgehead atoms. The Morgan fingerprint density at radius 1 is 1.15 bits per heavy atom. The zero-order valence-corrected chi connectivity index (χ0v) is 15.0. The Hall–Kier alpha value is -2.73. The topological polar surface area (TPSA) is 70.0 Å². The highest BCUT2D eigenvalue weighted by atomic mass is 16.7. The normalized spacial score (nSPS) is 18.9. The third-order valence-electron chi connectivity index (χ3n) is 4.19. The van der Waals surface area contributed by atoms with Crippen molar-refractivity contribution in [3.8, 4) is 0 Å². The van der Waals surface area contributed by atoms with Crippen molar-refractivity contribution < 1.29 is 19.1 Å². The van der Waals surface area contributed by atoms with Gasteiger partial charge in [0.1, 0.15) is 0 Å². The molecule has 0 N–H and O–H groups in total. The first-order valence-corrected chi connectivity index (χ1v) is 8.48.